The lowest BCUT2D eigenvalue weighted by atomic mass is 10.1. The van der Waals surface area contributed by atoms with Gasteiger partial charge in [-0.2, -0.15) is 0 Å². The van der Waals surface area contributed by atoms with E-state index in [1.165, 1.54) is 5.56 Å². The smallest absolute Gasteiger partial charge is 0.263 e. The summed E-state index contributed by atoms with van der Waals surface area (Å²) in [5.74, 6) is 0. The molecule has 2 rings (SSSR count). The lowest BCUT2D eigenvalue weighted by molar-refractivity contribution is 0.286. The monoisotopic (exact) mass is 179 g/mol. The number of rotatable bonds is 0. The van der Waals surface area contributed by atoms with Gasteiger partial charge >= 0.3 is 0 Å². The Morgan fingerprint density at radius 3 is 3.00 bits per heavy atom. The third-order valence-corrected chi connectivity index (χ3v) is 2.37. The highest BCUT2D eigenvalue weighted by molar-refractivity contribution is 7.80. The molecule has 1 aliphatic heterocycles. The summed E-state index contributed by atoms with van der Waals surface area (Å²) in [4.78, 5) is 1.88. The van der Waals surface area contributed by atoms with Gasteiger partial charge in [0.25, 0.3) is 5.17 Å². The van der Waals surface area contributed by atoms with Gasteiger partial charge in [-0.1, -0.05) is 18.2 Å². The van der Waals surface area contributed by atoms with Crippen LogP contribution in [0.25, 0.3) is 0 Å². The van der Waals surface area contributed by atoms with E-state index >= 15 is 0 Å². The van der Waals surface area contributed by atoms with Crippen molar-refractivity contribution >= 4 is 23.1 Å². The molecule has 2 nitrogen and oxygen atoms in total. The van der Waals surface area contributed by atoms with E-state index in [1.807, 2.05) is 36.2 Å². The van der Waals surface area contributed by atoms with Crippen LogP contribution in [0, 0.1) is 0 Å². The maximum absolute atomic E-state index is 5.27. The quantitative estimate of drug-likeness (QED) is 0.565. The summed E-state index contributed by atoms with van der Waals surface area (Å²) in [6.45, 7) is 0.597. The number of ether oxygens (including phenoxy) is 1. The molecule has 0 amide bonds. The van der Waals surface area contributed by atoms with Crippen LogP contribution in [0.4, 0.5) is 5.69 Å². The Hall–Kier alpha value is -1.09. The summed E-state index contributed by atoms with van der Waals surface area (Å²) >= 11 is 5.01. The fourth-order valence-electron chi connectivity index (χ4n) is 1.29. The lowest BCUT2D eigenvalue weighted by Gasteiger charge is -2.27. The number of nitrogens with zero attached hydrogens (tertiary/aromatic N) is 1. The van der Waals surface area contributed by atoms with Crippen LogP contribution >= 0.6 is 12.2 Å². The van der Waals surface area contributed by atoms with E-state index in [9.17, 15) is 0 Å². The Labute approximate surface area is 76.8 Å². The van der Waals surface area contributed by atoms with Crippen LogP contribution < -0.4 is 4.90 Å². The van der Waals surface area contributed by atoms with Crippen molar-refractivity contribution in [1.29, 1.82) is 0 Å². The number of thiocarbonyl (C=S) groups is 1. The average Bonchev–Trinajstić information content (AvgIpc) is 2.12. The highest BCUT2D eigenvalue weighted by atomic mass is 32.1. The van der Waals surface area contributed by atoms with Crippen molar-refractivity contribution in [2.45, 2.75) is 6.61 Å². The first-order valence-electron chi connectivity index (χ1n) is 3.77. The van der Waals surface area contributed by atoms with E-state index in [1.54, 1.807) is 0 Å². The summed E-state index contributed by atoms with van der Waals surface area (Å²) < 4.78 is 5.27. The van der Waals surface area contributed by atoms with Gasteiger partial charge in [0.05, 0.1) is 5.69 Å². The Morgan fingerprint density at radius 1 is 1.42 bits per heavy atom. The highest BCUT2D eigenvalue weighted by Crippen LogP contribution is 2.24. The SMILES string of the molecule is CN1C(=S)OCc2ccccc21. The van der Waals surface area contributed by atoms with Gasteiger partial charge in [-0.3, -0.25) is 0 Å². The second-order valence-electron chi connectivity index (χ2n) is 2.74. The minimum absolute atomic E-state index is 0.550. The molecule has 0 radical (unpaired) electrons. The van der Waals surface area contributed by atoms with Crippen LogP contribution in [-0.4, -0.2) is 12.2 Å². The van der Waals surface area contributed by atoms with Crippen LogP contribution in [0.3, 0.4) is 0 Å². The molecule has 0 spiro atoms. The van der Waals surface area contributed by atoms with Crippen molar-refractivity contribution in [3.8, 4) is 0 Å². The average molecular weight is 179 g/mol. The predicted octanol–water partition coefficient (Wildman–Crippen LogP) is 1.94. The van der Waals surface area contributed by atoms with Gasteiger partial charge in [-0.15, -0.1) is 0 Å². The van der Waals surface area contributed by atoms with Crippen molar-refractivity contribution in [1.82, 2.24) is 0 Å². The summed E-state index contributed by atoms with van der Waals surface area (Å²) in [6.07, 6.45) is 0. The minimum atomic E-state index is 0.550. The summed E-state index contributed by atoms with van der Waals surface area (Å²) in [6, 6.07) is 8.10. The maximum atomic E-state index is 5.27. The number of anilines is 1. The molecule has 0 fully saturated rings. The number of benzene rings is 1. The third-order valence-electron chi connectivity index (χ3n) is 1.98. The van der Waals surface area contributed by atoms with Gasteiger partial charge in [0, 0.05) is 12.6 Å². The minimum Gasteiger partial charge on any atom is -0.466 e. The molecule has 0 unspecified atom stereocenters. The summed E-state index contributed by atoms with van der Waals surface area (Å²) in [5.41, 5.74) is 2.34. The van der Waals surface area contributed by atoms with E-state index in [0.29, 0.717) is 11.8 Å². The summed E-state index contributed by atoms with van der Waals surface area (Å²) in [5, 5.41) is 0.550. The first-order chi connectivity index (χ1) is 5.79. The zero-order valence-electron chi connectivity index (χ0n) is 6.78. The third kappa shape index (κ3) is 1.06. The van der Waals surface area contributed by atoms with Crippen molar-refractivity contribution < 1.29 is 4.74 Å². The zero-order chi connectivity index (χ0) is 8.55. The first-order valence-corrected chi connectivity index (χ1v) is 4.18. The summed E-state index contributed by atoms with van der Waals surface area (Å²) in [7, 11) is 1.92. The van der Waals surface area contributed by atoms with Gasteiger partial charge in [-0.05, 0) is 18.3 Å². The molecule has 1 aliphatic rings. The Morgan fingerprint density at radius 2 is 2.17 bits per heavy atom. The van der Waals surface area contributed by atoms with E-state index in [2.05, 4.69) is 0 Å². The molecule has 0 aromatic heterocycles. The van der Waals surface area contributed by atoms with Crippen LogP contribution in [-0.2, 0) is 11.3 Å². The Bertz CT molecular complexity index is 324. The molecule has 0 bridgehead atoms. The number of hydrogen-bond acceptors (Lipinski definition) is 2. The standard InChI is InChI=1S/C9H9NOS/c1-10-8-5-3-2-4-7(8)6-11-9(10)12/h2-5H,6H2,1H3. The molecular formula is C9H9NOS. The van der Waals surface area contributed by atoms with Crippen LogP contribution in [0.2, 0.25) is 0 Å². The Balaban J connectivity index is 2.48. The second-order valence-corrected chi connectivity index (χ2v) is 3.09. The van der Waals surface area contributed by atoms with Crippen LogP contribution in [0.1, 0.15) is 5.56 Å². The number of para-hydroxylation sites is 1. The zero-order valence-corrected chi connectivity index (χ0v) is 7.60. The second kappa shape index (κ2) is 2.75. The van der Waals surface area contributed by atoms with Crippen LogP contribution in [0.15, 0.2) is 24.3 Å². The van der Waals surface area contributed by atoms with Gasteiger partial charge in [0.15, 0.2) is 0 Å². The molecule has 0 saturated carbocycles. The van der Waals surface area contributed by atoms with Crippen molar-refractivity contribution in [2.75, 3.05) is 11.9 Å². The largest absolute Gasteiger partial charge is 0.466 e. The van der Waals surface area contributed by atoms with Gasteiger partial charge < -0.3 is 9.64 Å². The van der Waals surface area contributed by atoms with Gasteiger partial charge in [0.1, 0.15) is 6.61 Å². The number of hydrogen-bond donors (Lipinski definition) is 0. The van der Waals surface area contributed by atoms with E-state index < -0.39 is 0 Å². The molecule has 0 saturated heterocycles. The molecule has 0 N–H and O–H groups in total. The van der Waals surface area contributed by atoms with E-state index in [-0.39, 0.29) is 0 Å². The highest BCUT2D eigenvalue weighted by Gasteiger charge is 2.17. The number of fused-ring (bicyclic) bond motifs is 1. The molecule has 0 aliphatic carbocycles. The van der Waals surface area contributed by atoms with Crippen LogP contribution in [0.5, 0.6) is 0 Å². The van der Waals surface area contributed by atoms with Gasteiger partial charge in [-0.25, -0.2) is 0 Å². The molecule has 12 heavy (non-hydrogen) atoms. The van der Waals surface area contributed by atoms with Gasteiger partial charge in [0.2, 0.25) is 0 Å². The molecule has 3 heteroatoms. The fraction of sp³-hybridized carbons (Fsp3) is 0.222. The van der Waals surface area contributed by atoms with Crippen molar-refractivity contribution in [3.05, 3.63) is 29.8 Å². The normalized spacial score (nSPS) is 15.4. The molecule has 0 atom stereocenters. The molecule has 1 aromatic rings. The Kier molecular flexibility index (Phi) is 1.73. The molecule has 1 aromatic carbocycles. The fourth-order valence-corrected chi connectivity index (χ4v) is 1.45. The molecular weight excluding hydrogens is 170 g/mol. The predicted molar refractivity (Wildman–Crippen MR) is 52.2 cm³/mol. The lowest BCUT2D eigenvalue weighted by Crippen LogP contribution is -2.31. The van der Waals surface area contributed by atoms with Crippen molar-refractivity contribution in [3.63, 3.8) is 0 Å². The topological polar surface area (TPSA) is 12.5 Å². The van der Waals surface area contributed by atoms with Crippen molar-refractivity contribution in [2.24, 2.45) is 0 Å². The molecule has 62 valence electrons. The van der Waals surface area contributed by atoms with E-state index in [0.717, 1.165) is 5.69 Å². The first kappa shape index (κ1) is 7.55. The molecule has 1 heterocycles. The van der Waals surface area contributed by atoms with E-state index in [4.69, 9.17) is 17.0 Å². The maximum Gasteiger partial charge on any atom is 0.263 e.